The summed E-state index contributed by atoms with van der Waals surface area (Å²) in [5.41, 5.74) is 0.884. The van der Waals surface area contributed by atoms with Gasteiger partial charge in [0.1, 0.15) is 24.8 Å². The van der Waals surface area contributed by atoms with Crippen molar-refractivity contribution in [1.29, 1.82) is 0 Å². The van der Waals surface area contributed by atoms with Crippen LogP contribution in [0, 0.1) is 5.82 Å². The number of methoxy groups -OCH3 is 1. The van der Waals surface area contributed by atoms with Crippen LogP contribution in [-0.4, -0.2) is 36.3 Å². The van der Waals surface area contributed by atoms with Crippen molar-refractivity contribution in [3.63, 3.8) is 0 Å². The smallest absolute Gasteiger partial charge is 0.293 e. The number of rotatable bonds is 9. The maximum Gasteiger partial charge on any atom is 0.293 e. The molecule has 3 aromatic carbocycles. The standard InChI is InChI=1S/C26H21ClFNO5S/c1-32-23-14-17(10-11-22(23)34-16-19-20(27)8-5-9-21(19)28)15-24-25(30)29(26(31)35-24)12-13-33-18-6-3-2-4-7-18/h2-11,14-15H,12-13,16H2,1H3/b24-15-. The molecule has 0 unspecified atom stereocenters. The molecule has 0 radical (unpaired) electrons. The lowest BCUT2D eigenvalue weighted by molar-refractivity contribution is -0.123. The number of nitrogens with zero attached hydrogens (tertiary/aromatic N) is 1. The van der Waals surface area contributed by atoms with Crippen molar-refractivity contribution in [3.05, 3.63) is 93.6 Å². The second-order valence-corrected chi connectivity index (χ2v) is 8.79. The largest absolute Gasteiger partial charge is 0.493 e. The van der Waals surface area contributed by atoms with E-state index in [4.69, 9.17) is 25.8 Å². The van der Waals surface area contributed by atoms with E-state index in [0.29, 0.717) is 27.7 Å². The fourth-order valence-electron chi connectivity index (χ4n) is 3.33. The third kappa shape index (κ3) is 5.96. The molecule has 0 saturated carbocycles. The lowest BCUT2D eigenvalue weighted by atomic mass is 10.1. The Morgan fingerprint density at radius 1 is 1.00 bits per heavy atom. The molecule has 6 nitrogen and oxygen atoms in total. The van der Waals surface area contributed by atoms with Gasteiger partial charge in [0, 0.05) is 5.56 Å². The van der Waals surface area contributed by atoms with Crippen LogP contribution < -0.4 is 14.2 Å². The Morgan fingerprint density at radius 2 is 1.80 bits per heavy atom. The maximum atomic E-state index is 14.0. The molecule has 0 spiro atoms. The molecule has 1 heterocycles. The molecule has 1 aliphatic rings. The summed E-state index contributed by atoms with van der Waals surface area (Å²) in [7, 11) is 1.47. The lowest BCUT2D eigenvalue weighted by Gasteiger charge is -2.13. The third-order valence-corrected chi connectivity index (χ3v) is 6.38. The van der Waals surface area contributed by atoms with Crippen molar-refractivity contribution in [3.8, 4) is 17.2 Å². The van der Waals surface area contributed by atoms with Crippen LogP contribution in [0.3, 0.4) is 0 Å². The minimum absolute atomic E-state index is 0.0782. The summed E-state index contributed by atoms with van der Waals surface area (Å²) in [5, 5.41) is -0.0860. The van der Waals surface area contributed by atoms with E-state index in [-0.39, 0.29) is 41.5 Å². The number of ether oxygens (including phenoxy) is 3. The van der Waals surface area contributed by atoms with E-state index in [1.54, 1.807) is 42.5 Å². The summed E-state index contributed by atoms with van der Waals surface area (Å²) < 4.78 is 30.7. The quantitative estimate of drug-likeness (QED) is 0.318. The highest BCUT2D eigenvalue weighted by molar-refractivity contribution is 8.18. The number of carbonyl (C=O) groups excluding carboxylic acids is 2. The molecule has 9 heteroatoms. The minimum Gasteiger partial charge on any atom is -0.493 e. The first kappa shape index (κ1) is 24.6. The zero-order valence-electron chi connectivity index (χ0n) is 18.7. The van der Waals surface area contributed by atoms with Crippen molar-refractivity contribution in [2.75, 3.05) is 20.3 Å². The Bertz CT molecular complexity index is 1250. The number of hydrogen-bond donors (Lipinski definition) is 0. The normalized spacial score (nSPS) is 14.5. The highest BCUT2D eigenvalue weighted by atomic mass is 35.5. The van der Waals surface area contributed by atoms with Crippen LogP contribution in [0.2, 0.25) is 5.02 Å². The van der Waals surface area contributed by atoms with Crippen LogP contribution in [0.15, 0.2) is 71.6 Å². The molecule has 0 aliphatic carbocycles. The molecule has 1 fully saturated rings. The molecular formula is C26H21ClFNO5S. The summed E-state index contributed by atoms with van der Waals surface area (Å²) in [6.45, 7) is 0.262. The highest BCUT2D eigenvalue weighted by Gasteiger charge is 2.34. The van der Waals surface area contributed by atoms with E-state index < -0.39 is 5.82 Å². The molecule has 3 aromatic rings. The van der Waals surface area contributed by atoms with Gasteiger partial charge in [0.25, 0.3) is 11.1 Å². The van der Waals surface area contributed by atoms with Gasteiger partial charge in [0.05, 0.1) is 23.6 Å². The first-order valence-corrected chi connectivity index (χ1v) is 11.8. The lowest BCUT2D eigenvalue weighted by Crippen LogP contribution is -2.32. The fourth-order valence-corrected chi connectivity index (χ4v) is 4.41. The first-order valence-electron chi connectivity index (χ1n) is 10.6. The molecule has 2 amide bonds. The minimum atomic E-state index is -0.460. The van der Waals surface area contributed by atoms with Gasteiger partial charge in [-0.15, -0.1) is 0 Å². The second-order valence-electron chi connectivity index (χ2n) is 7.39. The Balaban J connectivity index is 1.42. The Kier molecular flexibility index (Phi) is 7.94. The molecule has 1 aliphatic heterocycles. The van der Waals surface area contributed by atoms with E-state index in [1.165, 1.54) is 19.2 Å². The molecule has 0 bridgehead atoms. The van der Waals surface area contributed by atoms with E-state index >= 15 is 0 Å². The van der Waals surface area contributed by atoms with E-state index in [1.807, 2.05) is 18.2 Å². The first-order chi connectivity index (χ1) is 17.0. The van der Waals surface area contributed by atoms with Crippen LogP contribution in [0.5, 0.6) is 17.2 Å². The molecule has 1 saturated heterocycles. The second kappa shape index (κ2) is 11.3. The fraction of sp³-hybridized carbons (Fsp3) is 0.154. The van der Waals surface area contributed by atoms with E-state index in [2.05, 4.69) is 0 Å². The zero-order valence-corrected chi connectivity index (χ0v) is 20.3. The van der Waals surface area contributed by atoms with E-state index in [0.717, 1.165) is 16.7 Å². The molecule has 4 rings (SSSR count). The van der Waals surface area contributed by atoms with Crippen molar-refractivity contribution < 1.29 is 28.2 Å². The monoisotopic (exact) mass is 513 g/mol. The average molecular weight is 514 g/mol. The van der Waals surface area contributed by atoms with Gasteiger partial charge >= 0.3 is 0 Å². The third-order valence-electron chi connectivity index (χ3n) is 5.12. The Hall–Kier alpha value is -3.49. The van der Waals surface area contributed by atoms with Gasteiger partial charge in [-0.25, -0.2) is 4.39 Å². The van der Waals surface area contributed by atoms with Gasteiger partial charge in [0.15, 0.2) is 11.5 Å². The van der Waals surface area contributed by atoms with Crippen LogP contribution in [0.1, 0.15) is 11.1 Å². The summed E-state index contributed by atoms with van der Waals surface area (Å²) in [6, 6.07) is 18.6. The van der Waals surface area contributed by atoms with Gasteiger partial charge < -0.3 is 14.2 Å². The number of carbonyl (C=O) groups is 2. The van der Waals surface area contributed by atoms with Crippen LogP contribution in [-0.2, 0) is 11.4 Å². The molecule has 0 atom stereocenters. The summed E-state index contributed by atoms with van der Waals surface area (Å²) >= 11 is 6.92. The number of halogens is 2. The summed E-state index contributed by atoms with van der Waals surface area (Å²) in [4.78, 5) is 26.6. The van der Waals surface area contributed by atoms with Crippen molar-refractivity contribution in [1.82, 2.24) is 4.90 Å². The van der Waals surface area contributed by atoms with Crippen LogP contribution in [0.4, 0.5) is 9.18 Å². The average Bonchev–Trinajstić information content (AvgIpc) is 3.12. The SMILES string of the molecule is COc1cc(/C=C2\SC(=O)N(CCOc3ccccc3)C2=O)ccc1OCc1c(F)cccc1Cl. The van der Waals surface area contributed by atoms with Crippen molar-refractivity contribution in [2.24, 2.45) is 0 Å². The zero-order chi connectivity index (χ0) is 24.8. The molecular weight excluding hydrogens is 493 g/mol. The predicted molar refractivity (Wildman–Crippen MR) is 133 cm³/mol. The Morgan fingerprint density at radius 3 is 2.54 bits per heavy atom. The van der Waals surface area contributed by atoms with Crippen LogP contribution >= 0.6 is 23.4 Å². The maximum absolute atomic E-state index is 14.0. The summed E-state index contributed by atoms with van der Waals surface area (Å²) in [6.07, 6.45) is 1.61. The predicted octanol–water partition coefficient (Wildman–Crippen LogP) is 6.18. The number of benzene rings is 3. The molecule has 0 N–H and O–H groups in total. The van der Waals surface area contributed by atoms with Gasteiger partial charge in [0.2, 0.25) is 0 Å². The van der Waals surface area contributed by atoms with Gasteiger partial charge in [-0.1, -0.05) is 41.9 Å². The highest BCUT2D eigenvalue weighted by Crippen LogP contribution is 2.35. The number of amides is 2. The molecule has 180 valence electrons. The van der Waals surface area contributed by atoms with Gasteiger partial charge in [-0.2, -0.15) is 0 Å². The topological polar surface area (TPSA) is 65.1 Å². The van der Waals surface area contributed by atoms with E-state index in [9.17, 15) is 14.0 Å². The Labute approximate surface area is 211 Å². The molecule has 35 heavy (non-hydrogen) atoms. The van der Waals surface area contributed by atoms with Gasteiger partial charge in [-0.3, -0.25) is 14.5 Å². The molecule has 0 aromatic heterocycles. The number of thioether (sulfide) groups is 1. The number of hydrogen-bond acceptors (Lipinski definition) is 6. The van der Waals surface area contributed by atoms with Crippen LogP contribution in [0.25, 0.3) is 6.08 Å². The van der Waals surface area contributed by atoms with Crippen molar-refractivity contribution in [2.45, 2.75) is 6.61 Å². The van der Waals surface area contributed by atoms with Gasteiger partial charge in [-0.05, 0) is 59.8 Å². The number of para-hydroxylation sites is 1. The summed E-state index contributed by atoms with van der Waals surface area (Å²) in [5.74, 6) is 0.599. The van der Waals surface area contributed by atoms with Crippen molar-refractivity contribution >= 4 is 40.6 Å². The number of imide groups is 1.